The molecule has 1 aromatic rings. The van der Waals surface area contributed by atoms with Crippen molar-refractivity contribution in [3.05, 3.63) is 24.3 Å². The van der Waals surface area contributed by atoms with E-state index in [-0.39, 0.29) is 0 Å². The molecule has 20 heavy (non-hydrogen) atoms. The second-order valence-electron chi connectivity index (χ2n) is 4.90. The third-order valence-electron chi connectivity index (χ3n) is 2.81. The molecule has 0 unspecified atom stereocenters. The van der Waals surface area contributed by atoms with E-state index in [9.17, 15) is 0 Å². The lowest BCUT2D eigenvalue weighted by Gasteiger charge is -2.09. The molecule has 1 aromatic carbocycles. The summed E-state index contributed by atoms with van der Waals surface area (Å²) in [5.74, 6) is 1.72. The van der Waals surface area contributed by atoms with Gasteiger partial charge in [0, 0.05) is 13.2 Å². The number of hydrogen-bond donors (Lipinski definition) is 1. The summed E-state index contributed by atoms with van der Waals surface area (Å²) >= 11 is 0. The van der Waals surface area contributed by atoms with Crippen LogP contribution in [-0.2, 0) is 4.74 Å². The Bertz CT molecular complexity index is 338. The Balaban J connectivity index is 1.94. The van der Waals surface area contributed by atoms with Crippen LogP contribution in [0.3, 0.4) is 0 Å². The molecule has 0 amide bonds. The maximum Gasteiger partial charge on any atom is 0.119 e. The SMILES string of the molecule is COc1ccc(OCCNCCCCOC(C)C)cc1. The minimum absolute atomic E-state index is 0.334. The van der Waals surface area contributed by atoms with Gasteiger partial charge in [-0.25, -0.2) is 0 Å². The van der Waals surface area contributed by atoms with E-state index in [1.165, 1.54) is 0 Å². The molecule has 0 fully saturated rings. The van der Waals surface area contributed by atoms with Gasteiger partial charge in [0.2, 0.25) is 0 Å². The maximum absolute atomic E-state index is 5.62. The zero-order chi connectivity index (χ0) is 14.6. The predicted molar refractivity (Wildman–Crippen MR) is 81.7 cm³/mol. The standard InChI is InChI=1S/C16H27NO3/c1-14(2)19-12-5-4-10-17-11-13-20-16-8-6-15(18-3)7-9-16/h6-9,14,17H,4-5,10-13H2,1-3H3. The minimum atomic E-state index is 0.334. The van der Waals surface area contributed by atoms with E-state index in [2.05, 4.69) is 19.2 Å². The summed E-state index contributed by atoms with van der Waals surface area (Å²) in [6.07, 6.45) is 2.57. The van der Waals surface area contributed by atoms with Gasteiger partial charge in [0.05, 0.1) is 13.2 Å². The van der Waals surface area contributed by atoms with Gasteiger partial charge in [-0.1, -0.05) is 0 Å². The Morgan fingerprint density at radius 1 is 0.950 bits per heavy atom. The van der Waals surface area contributed by atoms with Crippen molar-refractivity contribution in [2.24, 2.45) is 0 Å². The number of unbranched alkanes of at least 4 members (excludes halogenated alkanes) is 1. The molecule has 0 aliphatic carbocycles. The fourth-order valence-corrected chi connectivity index (χ4v) is 1.71. The van der Waals surface area contributed by atoms with Crippen LogP contribution in [0, 0.1) is 0 Å². The monoisotopic (exact) mass is 281 g/mol. The second kappa shape index (κ2) is 10.5. The zero-order valence-corrected chi connectivity index (χ0v) is 12.9. The Hall–Kier alpha value is -1.26. The van der Waals surface area contributed by atoms with Crippen LogP contribution >= 0.6 is 0 Å². The van der Waals surface area contributed by atoms with Gasteiger partial charge in [0.1, 0.15) is 18.1 Å². The highest BCUT2D eigenvalue weighted by atomic mass is 16.5. The minimum Gasteiger partial charge on any atom is -0.497 e. The lowest BCUT2D eigenvalue weighted by Crippen LogP contribution is -2.22. The predicted octanol–water partition coefficient (Wildman–Crippen LogP) is 2.87. The van der Waals surface area contributed by atoms with E-state index in [0.29, 0.717) is 12.7 Å². The summed E-state index contributed by atoms with van der Waals surface area (Å²) < 4.78 is 16.2. The number of benzene rings is 1. The van der Waals surface area contributed by atoms with Crippen molar-refractivity contribution in [3.8, 4) is 11.5 Å². The van der Waals surface area contributed by atoms with E-state index in [1.54, 1.807) is 7.11 Å². The van der Waals surface area contributed by atoms with Crippen LogP contribution < -0.4 is 14.8 Å². The molecule has 0 bridgehead atoms. The highest BCUT2D eigenvalue weighted by Gasteiger charge is 1.96. The van der Waals surface area contributed by atoms with Gasteiger partial charge in [-0.05, 0) is 57.5 Å². The van der Waals surface area contributed by atoms with Crippen molar-refractivity contribution < 1.29 is 14.2 Å². The van der Waals surface area contributed by atoms with E-state index in [1.807, 2.05) is 24.3 Å². The fraction of sp³-hybridized carbons (Fsp3) is 0.625. The number of ether oxygens (including phenoxy) is 3. The van der Waals surface area contributed by atoms with E-state index in [0.717, 1.165) is 44.0 Å². The third-order valence-corrected chi connectivity index (χ3v) is 2.81. The van der Waals surface area contributed by atoms with Gasteiger partial charge in [-0.2, -0.15) is 0 Å². The van der Waals surface area contributed by atoms with Crippen molar-refractivity contribution in [1.29, 1.82) is 0 Å². The highest BCUT2D eigenvalue weighted by molar-refractivity contribution is 5.31. The molecule has 0 aliphatic heterocycles. The first-order valence-electron chi connectivity index (χ1n) is 7.31. The van der Waals surface area contributed by atoms with Gasteiger partial charge in [-0.15, -0.1) is 0 Å². The van der Waals surface area contributed by atoms with Gasteiger partial charge < -0.3 is 19.5 Å². The first kappa shape index (κ1) is 16.8. The summed E-state index contributed by atoms with van der Waals surface area (Å²) in [7, 11) is 1.66. The Labute approximate surface area is 122 Å². The largest absolute Gasteiger partial charge is 0.497 e. The molecule has 0 heterocycles. The average molecular weight is 281 g/mol. The Morgan fingerprint density at radius 3 is 2.30 bits per heavy atom. The van der Waals surface area contributed by atoms with Gasteiger partial charge in [0.25, 0.3) is 0 Å². The molecule has 0 aliphatic rings. The number of hydrogen-bond acceptors (Lipinski definition) is 4. The Kier molecular flexibility index (Phi) is 8.83. The van der Waals surface area contributed by atoms with Crippen LogP contribution in [0.15, 0.2) is 24.3 Å². The molecule has 0 spiro atoms. The van der Waals surface area contributed by atoms with Gasteiger partial charge >= 0.3 is 0 Å². The molecule has 4 nitrogen and oxygen atoms in total. The molecule has 0 radical (unpaired) electrons. The summed E-state index contributed by atoms with van der Waals surface area (Å²) in [4.78, 5) is 0. The van der Waals surface area contributed by atoms with E-state index < -0.39 is 0 Å². The van der Waals surface area contributed by atoms with Crippen LogP contribution in [-0.4, -0.2) is 39.5 Å². The highest BCUT2D eigenvalue weighted by Crippen LogP contribution is 2.16. The summed E-state index contributed by atoms with van der Waals surface area (Å²) in [6, 6.07) is 7.64. The number of rotatable bonds is 11. The van der Waals surface area contributed by atoms with Crippen molar-refractivity contribution >= 4 is 0 Å². The Morgan fingerprint density at radius 2 is 1.65 bits per heavy atom. The fourth-order valence-electron chi connectivity index (χ4n) is 1.71. The van der Waals surface area contributed by atoms with Crippen molar-refractivity contribution in [2.45, 2.75) is 32.8 Å². The normalized spacial score (nSPS) is 10.8. The smallest absolute Gasteiger partial charge is 0.119 e. The molecule has 0 saturated heterocycles. The second-order valence-corrected chi connectivity index (χ2v) is 4.90. The van der Waals surface area contributed by atoms with Gasteiger partial charge in [-0.3, -0.25) is 0 Å². The van der Waals surface area contributed by atoms with Crippen LogP contribution in [0.5, 0.6) is 11.5 Å². The maximum atomic E-state index is 5.62. The van der Waals surface area contributed by atoms with Crippen LogP contribution in [0.25, 0.3) is 0 Å². The molecule has 114 valence electrons. The average Bonchev–Trinajstić information content (AvgIpc) is 2.46. The molecule has 4 heteroatoms. The molecular formula is C16H27NO3. The molecular weight excluding hydrogens is 254 g/mol. The quantitative estimate of drug-likeness (QED) is 0.633. The lowest BCUT2D eigenvalue weighted by atomic mass is 10.3. The molecule has 1 N–H and O–H groups in total. The molecule has 0 saturated carbocycles. The van der Waals surface area contributed by atoms with Gasteiger partial charge in [0.15, 0.2) is 0 Å². The van der Waals surface area contributed by atoms with E-state index in [4.69, 9.17) is 14.2 Å². The van der Waals surface area contributed by atoms with Crippen LogP contribution in [0.2, 0.25) is 0 Å². The lowest BCUT2D eigenvalue weighted by molar-refractivity contribution is 0.0760. The molecule has 0 atom stereocenters. The number of methoxy groups -OCH3 is 1. The summed E-state index contributed by atoms with van der Waals surface area (Å²) in [5, 5.41) is 3.36. The summed E-state index contributed by atoms with van der Waals surface area (Å²) in [6.45, 7) is 7.52. The van der Waals surface area contributed by atoms with Crippen molar-refractivity contribution in [1.82, 2.24) is 5.32 Å². The first-order valence-corrected chi connectivity index (χ1v) is 7.31. The van der Waals surface area contributed by atoms with Crippen LogP contribution in [0.4, 0.5) is 0 Å². The molecule has 0 aromatic heterocycles. The van der Waals surface area contributed by atoms with E-state index >= 15 is 0 Å². The van der Waals surface area contributed by atoms with Crippen molar-refractivity contribution in [3.63, 3.8) is 0 Å². The van der Waals surface area contributed by atoms with Crippen molar-refractivity contribution in [2.75, 3.05) is 33.4 Å². The van der Waals surface area contributed by atoms with Crippen LogP contribution in [0.1, 0.15) is 26.7 Å². The molecule has 1 rings (SSSR count). The third kappa shape index (κ3) is 8.02. The number of nitrogens with one attached hydrogen (secondary N) is 1. The topological polar surface area (TPSA) is 39.7 Å². The first-order chi connectivity index (χ1) is 9.72. The summed E-state index contributed by atoms with van der Waals surface area (Å²) in [5.41, 5.74) is 0. The zero-order valence-electron chi connectivity index (χ0n) is 12.9.